The molecule has 5 nitrogen and oxygen atoms in total. The largest absolute Gasteiger partial charge is 0.469 e. The number of ether oxygens (including phenoxy) is 1. The molecule has 116 valence electrons. The lowest BCUT2D eigenvalue weighted by Crippen LogP contribution is -2.14. The molecule has 1 heterocycles. The minimum absolute atomic E-state index is 0.0988. The highest BCUT2D eigenvalue weighted by molar-refractivity contribution is 7.98. The Morgan fingerprint density at radius 1 is 1.36 bits per heavy atom. The van der Waals surface area contributed by atoms with E-state index in [0.29, 0.717) is 10.7 Å². The van der Waals surface area contributed by atoms with Crippen molar-refractivity contribution < 1.29 is 18.7 Å². The van der Waals surface area contributed by atoms with Crippen LogP contribution in [0.3, 0.4) is 0 Å². The number of hydrogen-bond donors (Lipinski definition) is 1. The Morgan fingerprint density at radius 2 is 2.14 bits per heavy atom. The molecule has 0 aliphatic heterocycles. The lowest BCUT2D eigenvalue weighted by Gasteiger charge is -2.07. The normalized spacial score (nSPS) is 10.3. The number of esters is 1. The summed E-state index contributed by atoms with van der Waals surface area (Å²) in [6.07, 6.45) is 3.18. The fourth-order valence-electron chi connectivity index (χ4n) is 1.83. The first-order valence-corrected chi connectivity index (χ1v) is 7.93. The molecule has 1 aromatic heterocycles. The predicted octanol–water partition coefficient (Wildman–Crippen LogP) is 3.62. The van der Waals surface area contributed by atoms with Crippen LogP contribution < -0.4 is 5.32 Å². The molecule has 0 saturated heterocycles. The molecule has 2 aromatic rings. The third-order valence-corrected chi connectivity index (χ3v) is 4.15. The summed E-state index contributed by atoms with van der Waals surface area (Å²) in [6.45, 7) is 0. The quantitative estimate of drug-likeness (QED) is 0.665. The van der Waals surface area contributed by atoms with Crippen LogP contribution in [0.4, 0.5) is 5.69 Å². The summed E-state index contributed by atoms with van der Waals surface area (Å²) in [6, 6.07) is 6.76. The van der Waals surface area contributed by atoms with Gasteiger partial charge in [-0.25, -0.2) is 0 Å². The molecule has 22 heavy (non-hydrogen) atoms. The van der Waals surface area contributed by atoms with Crippen LogP contribution in [0.15, 0.2) is 39.8 Å². The van der Waals surface area contributed by atoms with Crippen molar-refractivity contribution in [3.63, 3.8) is 0 Å². The number of methoxy groups -OCH3 is 1. The van der Waals surface area contributed by atoms with Gasteiger partial charge in [0.15, 0.2) is 0 Å². The van der Waals surface area contributed by atoms with E-state index in [0.717, 1.165) is 4.90 Å². The van der Waals surface area contributed by atoms with Crippen molar-refractivity contribution in [3.05, 3.63) is 46.9 Å². The van der Waals surface area contributed by atoms with Crippen LogP contribution in [0.2, 0.25) is 5.02 Å². The van der Waals surface area contributed by atoms with Crippen molar-refractivity contribution in [2.45, 2.75) is 11.3 Å². The standard InChI is InChI=1S/C15H14ClNO4S/c1-20-14(18)8-12-10(5-6-21-12)15(19)17-9-3-4-13(22-2)11(16)7-9/h3-7H,8H2,1-2H3,(H,17,19). The smallest absolute Gasteiger partial charge is 0.313 e. The van der Waals surface area contributed by atoms with Gasteiger partial charge in [0.1, 0.15) is 12.2 Å². The number of hydrogen-bond acceptors (Lipinski definition) is 5. The van der Waals surface area contributed by atoms with Crippen LogP contribution in [0, 0.1) is 0 Å². The lowest BCUT2D eigenvalue weighted by atomic mass is 10.2. The number of amides is 1. The topological polar surface area (TPSA) is 68.5 Å². The SMILES string of the molecule is COC(=O)Cc1occc1C(=O)Nc1ccc(SC)c(Cl)c1. The molecule has 0 spiro atoms. The number of benzene rings is 1. The zero-order valence-electron chi connectivity index (χ0n) is 12.0. The molecular weight excluding hydrogens is 326 g/mol. The molecule has 1 aromatic carbocycles. The summed E-state index contributed by atoms with van der Waals surface area (Å²) in [5.41, 5.74) is 0.855. The van der Waals surface area contributed by atoms with Gasteiger partial charge in [0, 0.05) is 10.6 Å². The fourth-order valence-corrected chi connectivity index (χ4v) is 2.70. The molecule has 0 fully saturated rings. The van der Waals surface area contributed by atoms with Crippen molar-refractivity contribution in [3.8, 4) is 0 Å². The molecule has 0 aliphatic rings. The van der Waals surface area contributed by atoms with E-state index in [1.807, 2.05) is 12.3 Å². The first kappa shape index (κ1) is 16.5. The van der Waals surface area contributed by atoms with Crippen LogP contribution in [0.25, 0.3) is 0 Å². The maximum absolute atomic E-state index is 12.3. The van der Waals surface area contributed by atoms with Crippen LogP contribution in [0.1, 0.15) is 16.1 Å². The number of carbonyl (C=O) groups excluding carboxylic acids is 2. The summed E-state index contributed by atoms with van der Waals surface area (Å²) in [7, 11) is 1.28. The van der Waals surface area contributed by atoms with E-state index in [-0.39, 0.29) is 23.7 Å². The Bertz CT molecular complexity index is 699. The van der Waals surface area contributed by atoms with Gasteiger partial charge in [-0.2, -0.15) is 0 Å². The number of halogens is 1. The second kappa shape index (κ2) is 7.38. The van der Waals surface area contributed by atoms with Gasteiger partial charge >= 0.3 is 5.97 Å². The highest BCUT2D eigenvalue weighted by Gasteiger charge is 2.18. The van der Waals surface area contributed by atoms with E-state index in [2.05, 4.69) is 10.1 Å². The molecule has 0 radical (unpaired) electrons. The van der Waals surface area contributed by atoms with E-state index in [9.17, 15) is 9.59 Å². The molecule has 0 bridgehead atoms. The van der Waals surface area contributed by atoms with Crippen molar-refractivity contribution >= 4 is 40.9 Å². The molecule has 0 aliphatic carbocycles. The molecule has 0 atom stereocenters. The van der Waals surface area contributed by atoms with Gasteiger partial charge in [-0.15, -0.1) is 11.8 Å². The van der Waals surface area contributed by atoms with Crippen LogP contribution in [-0.4, -0.2) is 25.2 Å². The average Bonchev–Trinajstić information content (AvgIpc) is 2.95. The summed E-state index contributed by atoms with van der Waals surface area (Å²) < 4.78 is 9.73. The zero-order valence-corrected chi connectivity index (χ0v) is 13.6. The molecule has 2 rings (SSSR count). The highest BCUT2D eigenvalue weighted by atomic mass is 35.5. The van der Waals surface area contributed by atoms with Gasteiger partial charge in [-0.05, 0) is 30.5 Å². The molecular formula is C15H14ClNO4S. The maximum Gasteiger partial charge on any atom is 0.313 e. The zero-order chi connectivity index (χ0) is 16.1. The Hall–Kier alpha value is -1.92. The highest BCUT2D eigenvalue weighted by Crippen LogP contribution is 2.28. The maximum atomic E-state index is 12.3. The summed E-state index contributed by atoms with van der Waals surface area (Å²) >= 11 is 7.63. The van der Waals surface area contributed by atoms with Gasteiger partial charge in [0.2, 0.25) is 0 Å². The average molecular weight is 340 g/mol. The first-order chi connectivity index (χ1) is 10.5. The number of rotatable bonds is 5. The third-order valence-electron chi connectivity index (χ3n) is 2.93. The Labute approximate surface area is 137 Å². The van der Waals surface area contributed by atoms with Crippen LogP contribution in [0.5, 0.6) is 0 Å². The summed E-state index contributed by atoms with van der Waals surface area (Å²) in [5, 5.41) is 3.29. The first-order valence-electron chi connectivity index (χ1n) is 6.33. The molecule has 7 heteroatoms. The second-order valence-electron chi connectivity index (χ2n) is 4.31. The number of furan rings is 1. The minimum Gasteiger partial charge on any atom is -0.469 e. The second-order valence-corrected chi connectivity index (χ2v) is 5.57. The van der Waals surface area contributed by atoms with Crippen LogP contribution in [-0.2, 0) is 16.0 Å². The minimum atomic E-state index is -0.476. The summed E-state index contributed by atoms with van der Waals surface area (Å²) in [5.74, 6) is -0.590. The van der Waals surface area contributed by atoms with Crippen LogP contribution >= 0.6 is 23.4 Å². The van der Waals surface area contributed by atoms with E-state index in [1.54, 1.807) is 12.1 Å². The molecule has 0 unspecified atom stereocenters. The van der Waals surface area contributed by atoms with Crippen molar-refractivity contribution in [1.29, 1.82) is 0 Å². The van der Waals surface area contributed by atoms with Crippen molar-refractivity contribution in [2.75, 3.05) is 18.7 Å². The molecule has 1 N–H and O–H groups in total. The van der Waals surface area contributed by atoms with Gasteiger partial charge < -0.3 is 14.5 Å². The number of nitrogens with one attached hydrogen (secondary N) is 1. The van der Waals surface area contributed by atoms with Crippen molar-refractivity contribution in [1.82, 2.24) is 0 Å². The van der Waals surface area contributed by atoms with Gasteiger partial charge in [-0.3, -0.25) is 9.59 Å². The fraction of sp³-hybridized carbons (Fsp3) is 0.200. The van der Waals surface area contributed by atoms with E-state index in [4.69, 9.17) is 16.0 Å². The van der Waals surface area contributed by atoms with E-state index < -0.39 is 5.97 Å². The van der Waals surface area contributed by atoms with Crippen molar-refractivity contribution in [2.24, 2.45) is 0 Å². The van der Waals surface area contributed by atoms with E-state index >= 15 is 0 Å². The molecule has 1 amide bonds. The van der Waals surface area contributed by atoms with Gasteiger partial charge in [0.05, 0.1) is 24.0 Å². The predicted molar refractivity (Wildman–Crippen MR) is 85.6 cm³/mol. The van der Waals surface area contributed by atoms with Gasteiger partial charge in [0.25, 0.3) is 5.91 Å². The Balaban J connectivity index is 2.14. The lowest BCUT2D eigenvalue weighted by molar-refractivity contribution is -0.140. The Morgan fingerprint density at radius 3 is 2.77 bits per heavy atom. The van der Waals surface area contributed by atoms with E-state index in [1.165, 1.54) is 31.2 Å². The number of anilines is 1. The summed E-state index contributed by atoms with van der Waals surface area (Å²) in [4.78, 5) is 24.5. The molecule has 0 saturated carbocycles. The third kappa shape index (κ3) is 3.84. The number of carbonyl (C=O) groups is 2. The van der Waals surface area contributed by atoms with Gasteiger partial charge in [-0.1, -0.05) is 11.6 Å². The Kier molecular flexibility index (Phi) is 5.51. The monoisotopic (exact) mass is 339 g/mol. The number of thioether (sulfide) groups is 1.